The normalized spacial score (nSPS) is 9.82. The molecule has 0 bridgehead atoms. The Kier molecular flexibility index (Phi) is 5.11. The Labute approximate surface area is 108 Å². The molecular weight excluding hydrogens is 286 g/mol. The van der Waals surface area contributed by atoms with Crippen LogP contribution in [0.15, 0.2) is 22.7 Å². The molecule has 1 aromatic rings. The number of nitrogens with one attached hydrogen (secondary N) is 2. The molecule has 0 aromatic heterocycles. The van der Waals surface area contributed by atoms with Crippen LogP contribution in [-0.2, 0) is 9.59 Å². The maximum absolute atomic E-state index is 11.5. The SMILES string of the molecule is Cc1cc(Br)ccc1NC(=O)CNC(=O)CN. The lowest BCUT2D eigenvalue weighted by molar-refractivity contribution is -0.123. The molecule has 0 heterocycles. The molecule has 2 amide bonds. The van der Waals surface area contributed by atoms with E-state index in [9.17, 15) is 9.59 Å². The molecule has 0 aliphatic heterocycles. The number of aryl methyl sites for hydroxylation is 1. The van der Waals surface area contributed by atoms with E-state index < -0.39 is 0 Å². The molecule has 6 heteroatoms. The summed E-state index contributed by atoms with van der Waals surface area (Å²) in [7, 11) is 0. The number of benzene rings is 1. The predicted molar refractivity (Wildman–Crippen MR) is 69.6 cm³/mol. The fourth-order valence-corrected chi connectivity index (χ4v) is 1.69. The van der Waals surface area contributed by atoms with Crippen molar-refractivity contribution in [3.8, 4) is 0 Å². The van der Waals surface area contributed by atoms with Crippen molar-refractivity contribution in [1.82, 2.24) is 5.32 Å². The van der Waals surface area contributed by atoms with Gasteiger partial charge in [-0.15, -0.1) is 0 Å². The lowest BCUT2D eigenvalue weighted by atomic mass is 10.2. The third-order valence-electron chi connectivity index (χ3n) is 2.09. The van der Waals surface area contributed by atoms with Gasteiger partial charge in [-0.1, -0.05) is 15.9 Å². The maximum atomic E-state index is 11.5. The highest BCUT2D eigenvalue weighted by molar-refractivity contribution is 9.10. The number of anilines is 1. The van der Waals surface area contributed by atoms with Crippen LogP contribution < -0.4 is 16.4 Å². The standard InChI is InChI=1S/C11H14BrN3O2/c1-7-4-8(12)2-3-9(7)15-11(17)6-14-10(16)5-13/h2-4H,5-6,13H2,1H3,(H,14,16)(H,15,17). The van der Waals surface area contributed by atoms with E-state index in [0.29, 0.717) is 0 Å². The molecular formula is C11H14BrN3O2. The fraction of sp³-hybridized carbons (Fsp3) is 0.273. The van der Waals surface area contributed by atoms with E-state index in [1.54, 1.807) is 6.07 Å². The zero-order chi connectivity index (χ0) is 12.8. The fourth-order valence-electron chi connectivity index (χ4n) is 1.21. The summed E-state index contributed by atoms with van der Waals surface area (Å²) in [6.07, 6.45) is 0. The Hall–Kier alpha value is -1.40. The van der Waals surface area contributed by atoms with Crippen LogP contribution in [0.4, 0.5) is 5.69 Å². The van der Waals surface area contributed by atoms with Crippen molar-refractivity contribution < 1.29 is 9.59 Å². The molecule has 0 aliphatic rings. The summed E-state index contributed by atoms with van der Waals surface area (Å²) in [6.45, 7) is 1.69. The van der Waals surface area contributed by atoms with Crippen LogP contribution in [0.1, 0.15) is 5.56 Å². The molecule has 0 aliphatic carbocycles. The molecule has 92 valence electrons. The first kappa shape index (κ1) is 13.7. The van der Waals surface area contributed by atoms with Gasteiger partial charge in [0.25, 0.3) is 0 Å². The Morgan fingerprint density at radius 1 is 1.35 bits per heavy atom. The molecule has 0 radical (unpaired) electrons. The quantitative estimate of drug-likeness (QED) is 0.768. The van der Waals surface area contributed by atoms with Gasteiger partial charge in [-0.25, -0.2) is 0 Å². The van der Waals surface area contributed by atoms with Gasteiger partial charge in [-0.2, -0.15) is 0 Å². The van der Waals surface area contributed by atoms with Gasteiger partial charge in [-0.3, -0.25) is 9.59 Å². The molecule has 0 atom stereocenters. The van der Waals surface area contributed by atoms with Gasteiger partial charge in [0.2, 0.25) is 11.8 Å². The van der Waals surface area contributed by atoms with E-state index in [2.05, 4.69) is 26.6 Å². The summed E-state index contributed by atoms with van der Waals surface area (Å²) in [6, 6.07) is 5.53. The molecule has 5 nitrogen and oxygen atoms in total. The molecule has 4 N–H and O–H groups in total. The van der Waals surface area contributed by atoms with Crippen molar-refractivity contribution in [1.29, 1.82) is 0 Å². The number of rotatable bonds is 4. The first-order chi connectivity index (χ1) is 8.02. The first-order valence-electron chi connectivity index (χ1n) is 5.05. The summed E-state index contributed by atoms with van der Waals surface area (Å²) < 4.78 is 0.949. The van der Waals surface area contributed by atoms with E-state index in [0.717, 1.165) is 15.7 Å². The first-order valence-corrected chi connectivity index (χ1v) is 5.85. The Morgan fingerprint density at radius 3 is 2.65 bits per heavy atom. The monoisotopic (exact) mass is 299 g/mol. The van der Waals surface area contributed by atoms with Crippen LogP contribution in [-0.4, -0.2) is 24.9 Å². The second-order valence-electron chi connectivity index (χ2n) is 3.49. The molecule has 0 spiro atoms. The van der Waals surface area contributed by atoms with Gasteiger partial charge in [0.15, 0.2) is 0 Å². The van der Waals surface area contributed by atoms with Crippen LogP contribution in [0, 0.1) is 6.92 Å². The lowest BCUT2D eigenvalue weighted by Crippen LogP contribution is -2.36. The van der Waals surface area contributed by atoms with Crippen molar-refractivity contribution in [3.63, 3.8) is 0 Å². The molecule has 1 aromatic carbocycles. The number of nitrogens with two attached hydrogens (primary N) is 1. The van der Waals surface area contributed by atoms with Crippen molar-refractivity contribution in [3.05, 3.63) is 28.2 Å². The number of hydrogen-bond donors (Lipinski definition) is 3. The summed E-state index contributed by atoms with van der Waals surface area (Å²) >= 11 is 3.34. The second-order valence-corrected chi connectivity index (χ2v) is 4.40. The molecule has 0 unspecified atom stereocenters. The summed E-state index contributed by atoms with van der Waals surface area (Å²) in [5.41, 5.74) is 6.77. The van der Waals surface area contributed by atoms with Crippen LogP contribution in [0.25, 0.3) is 0 Å². The largest absolute Gasteiger partial charge is 0.346 e. The van der Waals surface area contributed by atoms with Crippen molar-refractivity contribution >= 4 is 33.4 Å². The minimum atomic E-state index is -0.354. The van der Waals surface area contributed by atoms with Crippen LogP contribution in [0.2, 0.25) is 0 Å². The highest BCUT2D eigenvalue weighted by atomic mass is 79.9. The molecule has 0 fully saturated rings. The number of carbonyl (C=O) groups is 2. The number of carbonyl (C=O) groups excluding carboxylic acids is 2. The lowest BCUT2D eigenvalue weighted by Gasteiger charge is -2.09. The third-order valence-corrected chi connectivity index (χ3v) is 2.59. The third kappa shape index (κ3) is 4.54. The number of hydrogen-bond acceptors (Lipinski definition) is 3. The topological polar surface area (TPSA) is 84.2 Å². The molecule has 0 saturated heterocycles. The minimum absolute atomic E-state index is 0.0778. The molecule has 1 rings (SSSR count). The smallest absolute Gasteiger partial charge is 0.243 e. The van der Waals surface area contributed by atoms with Gasteiger partial charge in [0, 0.05) is 10.2 Å². The van der Waals surface area contributed by atoms with Crippen molar-refractivity contribution in [2.45, 2.75) is 6.92 Å². The van der Waals surface area contributed by atoms with Gasteiger partial charge >= 0.3 is 0 Å². The van der Waals surface area contributed by atoms with E-state index >= 15 is 0 Å². The zero-order valence-corrected chi connectivity index (χ0v) is 11.0. The minimum Gasteiger partial charge on any atom is -0.346 e. The second kappa shape index (κ2) is 6.36. The van der Waals surface area contributed by atoms with Crippen molar-refractivity contribution in [2.75, 3.05) is 18.4 Å². The van der Waals surface area contributed by atoms with Gasteiger partial charge < -0.3 is 16.4 Å². The van der Waals surface area contributed by atoms with Gasteiger partial charge in [0.1, 0.15) is 0 Å². The van der Waals surface area contributed by atoms with E-state index in [1.807, 2.05) is 19.1 Å². The number of amides is 2. The van der Waals surface area contributed by atoms with E-state index in [-0.39, 0.29) is 24.9 Å². The average molecular weight is 300 g/mol. The molecule has 0 saturated carbocycles. The van der Waals surface area contributed by atoms with Gasteiger partial charge in [0.05, 0.1) is 13.1 Å². The Morgan fingerprint density at radius 2 is 2.06 bits per heavy atom. The average Bonchev–Trinajstić information content (AvgIpc) is 2.29. The number of halogens is 1. The van der Waals surface area contributed by atoms with Crippen LogP contribution >= 0.6 is 15.9 Å². The van der Waals surface area contributed by atoms with Crippen molar-refractivity contribution in [2.24, 2.45) is 5.73 Å². The summed E-state index contributed by atoms with van der Waals surface area (Å²) in [5, 5.41) is 5.10. The van der Waals surface area contributed by atoms with Crippen LogP contribution in [0.5, 0.6) is 0 Å². The van der Waals surface area contributed by atoms with E-state index in [4.69, 9.17) is 5.73 Å². The summed E-state index contributed by atoms with van der Waals surface area (Å²) in [4.78, 5) is 22.3. The summed E-state index contributed by atoms with van der Waals surface area (Å²) in [5.74, 6) is -0.634. The Bertz CT molecular complexity index is 435. The highest BCUT2D eigenvalue weighted by Crippen LogP contribution is 2.19. The van der Waals surface area contributed by atoms with E-state index in [1.165, 1.54) is 0 Å². The molecule has 17 heavy (non-hydrogen) atoms. The van der Waals surface area contributed by atoms with Crippen LogP contribution in [0.3, 0.4) is 0 Å². The van der Waals surface area contributed by atoms with Gasteiger partial charge in [-0.05, 0) is 30.7 Å². The highest BCUT2D eigenvalue weighted by Gasteiger charge is 2.06. The Balaban J connectivity index is 2.53. The maximum Gasteiger partial charge on any atom is 0.243 e. The zero-order valence-electron chi connectivity index (χ0n) is 9.42. The predicted octanol–water partition coefficient (Wildman–Crippen LogP) is 0.771.